The maximum absolute atomic E-state index is 4.06. The van der Waals surface area contributed by atoms with E-state index in [0.717, 1.165) is 19.6 Å². The molecule has 0 aliphatic carbocycles. The van der Waals surface area contributed by atoms with E-state index >= 15 is 0 Å². The van der Waals surface area contributed by atoms with Crippen molar-refractivity contribution in [1.82, 2.24) is 10.7 Å². The molecule has 2 heterocycles. The van der Waals surface area contributed by atoms with Crippen LogP contribution in [0.1, 0.15) is 12.8 Å². The first-order valence-corrected chi connectivity index (χ1v) is 3.89. The van der Waals surface area contributed by atoms with E-state index < -0.39 is 0 Å². The number of piperidine rings is 1. The lowest BCUT2D eigenvalue weighted by Crippen LogP contribution is -2.39. The highest BCUT2D eigenvalue weighted by molar-refractivity contribution is 5.68. The van der Waals surface area contributed by atoms with E-state index in [1.165, 1.54) is 12.8 Å². The third-order valence-corrected chi connectivity index (χ3v) is 2.46. The molecule has 1 fully saturated rings. The standard InChI is InChI=1S/C7H13N3/c1-3-8-4-2-7(1)5-9-10-6-7/h5,8,10H,1-4,6H2. The average molecular weight is 139 g/mol. The van der Waals surface area contributed by atoms with Crippen LogP contribution in [0.25, 0.3) is 0 Å². The Bertz CT molecular complexity index is 147. The van der Waals surface area contributed by atoms with Crippen molar-refractivity contribution in [2.75, 3.05) is 19.6 Å². The fourth-order valence-electron chi connectivity index (χ4n) is 1.66. The van der Waals surface area contributed by atoms with E-state index in [-0.39, 0.29) is 0 Å². The topological polar surface area (TPSA) is 36.4 Å². The van der Waals surface area contributed by atoms with Crippen molar-refractivity contribution in [2.45, 2.75) is 12.8 Å². The Kier molecular flexibility index (Phi) is 1.38. The third-order valence-electron chi connectivity index (χ3n) is 2.46. The summed E-state index contributed by atoms with van der Waals surface area (Å²) in [6.45, 7) is 3.34. The Morgan fingerprint density at radius 2 is 2.10 bits per heavy atom. The lowest BCUT2D eigenvalue weighted by Gasteiger charge is -2.29. The number of rotatable bonds is 0. The van der Waals surface area contributed by atoms with Crippen LogP contribution in [0.2, 0.25) is 0 Å². The number of hydrogen-bond acceptors (Lipinski definition) is 3. The molecule has 2 rings (SSSR count). The van der Waals surface area contributed by atoms with Crippen LogP contribution < -0.4 is 10.7 Å². The second-order valence-corrected chi connectivity index (χ2v) is 3.21. The molecular formula is C7H13N3. The summed E-state index contributed by atoms with van der Waals surface area (Å²) in [5, 5.41) is 7.40. The van der Waals surface area contributed by atoms with Gasteiger partial charge in [0, 0.05) is 18.2 Å². The Morgan fingerprint density at radius 1 is 1.30 bits per heavy atom. The lowest BCUT2D eigenvalue weighted by molar-refractivity contribution is 0.313. The molecule has 0 aromatic carbocycles. The molecule has 0 bridgehead atoms. The quantitative estimate of drug-likeness (QED) is 0.493. The molecule has 2 aliphatic heterocycles. The van der Waals surface area contributed by atoms with Crippen molar-refractivity contribution in [3.8, 4) is 0 Å². The van der Waals surface area contributed by atoms with Gasteiger partial charge in [-0.2, -0.15) is 5.10 Å². The highest BCUT2D eigenvalue weighted by Gasteiger charge is 2.32. The minimum Gasteiger partial charge on any atom is -0.317 e. The van der Waals surface area contributed by atoms with Gasteiger partial charge in [0.1, 0.15) is 0 Å². The molecule has 2 N–H and O–H groups in total. The molecule has 1 saturated heterocycles. The van der Waals surface area contributed by atoms with Gasteiger partial charge in [0.15, 0.2) is 0 Å². The molecule has 2 aliphatic rings. The van der Waals surface area contributed by atoms with E-state index in [9.17, 15) is 0 Å². The van der Waals surface area contributed by atoms with E-state index in [1.807, 2.05) is 0 Å². The van der Waals surface area contributed by atoms with Gasteiger partial charge >= 0.3 is 0 Å². The summed E-state index contributed by atoms with van der Waals surface area (Å²) in [5.41, 5.74) is 3.43. The van der Waals surface area contributed by atoms with Crippen LogP contribution >= 0.6 is 0 Å². The van der Waals surface area contributed by atoms with E-state index in [4.69, 9.17) is 0 Å². The largest absolute Gasteiger partial charge is 0.317 e. The van der Waals surface area contributed by atoms with Crippen molar-refractivity contribution in [2.24, 2.45) is 10.5 Å². The molecular weight excluding hydrogens is 126 g/mol. The zero-order valence-corrected chi connectivity index (χ0v) is 6.06. The van der Waals surface area contributed by atoms with Gasteiger partial charge in [0.2, 0.25) is 0 Å². The van der Waals surface area contributed by atoms with Gasteiger partial charge in [-0.15, -0.1) is 0 Å². The molecule has 0 aromatic heterocycles. The predicted molar refractivity (Wildman–Crippen MR) is 41.0 cm³/mol. The summed E-state index contributed by atoms with van der Waals surface area (Å²) in [6.07, 6.45) is 4.57. The molecule has 0 amide bonds. The van der Waals surface area contributed by atoms with Crippen LogP contribution in [0.3, 0.4) is 0 Å². The van der Waals surface area contributed by atoms with Crippen molar-refractivity contribution in [3.05, 3.63) is 0 Å². The van der Waals surface area contributed by atoms with Crippen LogP contribution in [-0.4, -0.2) is 25.8 Å². The van der Waals surface area contributed by atoms with Crippen LogP contribution in [0.15, 0.2) is 5.10 Å². The zero-order chi connectivity index (χ0) is 6.86. The molecule has 56 valence electrons. The molecule has 0 aromatic rings. The van der Waals surface area contributed by atoms with Gasteiger partial charge in [-0.3, -0.25) is 0 Å². The average Bonchev–Trinajstić information content (AvgIpc) is 2.39. The fourth-order valence-corrected chi connectivity index (χ4v) is 1.66. The maximum Gasteiger partial charge on any atom is 0.0437 e. The van der Waals surface area contributed by atoms with Crippen molar-refractivity contribution >= 4 is 6.21 Å². The van der Waals surface area contributed by atoms with E-state index in [1.54, 1.807) is 0 Å². The summed E-state index contributed by atoms with van der Waals surface area (Å²) in [4.78, 5) is 0. The Labute approximate surface area is 60.9 Å². The number of nitrogens with zero attached hydrogens (tertiary/aromatic N) is 1. The Morgan fingerprint density at radius 3 is 2.70 bits per heavy atom. The second kappa shape index (κ2) is 2.23. The summed E-state index contributed by atoms with van der Waals surface area (Å²) in [6, 6.07) is 0. The van der Waals surface area contributed by atoms with E-state index in [0.29, 0.717) is 5.41 Å². The van der Waals surface area contributed by atoms with E-state index in [2.05, 4.69) is 22.1 Å². The summed E-state index contributed by atoms with van der Waals surface area (Å²) < 4.78 is 0. The number of hydrazone groups is 1. The summed E-state index contributed by atoms with van der Waals surface area (Å²) in [5.74, 6) is 0. The monoisotopic (exact) mass is 139 g/mol. The SMILES string of the molecule is C1=NNCC12CCNCC2. The zero-order valence-electron chi connectivity index (χ0n) is 6.06. The molecule has 0 saturated carbocycles. The Hall–Kier alpha value is -0.570. The highest BCUT2D eigenvalue weighted by atomic mass is 15.3. The molecule has 3 nitrogen and oxygen atoms in total. The first-order chi connectivity index (χ1) is 4.91. The van der Waals surface area contributed by atoms with Gasteiger partial charge in [-0.05, 0) is 25.9 Å². The minimum atomic E-state index is 0.408. The number of nitrogens with one attached hydrogen (secondary N) is 2. The van der Waals surface area contributed by atoms with Crippen molar-refractivity contribution < 1.29 is 0 Å². The predicted octanol–water partition coefficient (Wildman–Crippen LogP) is -0.0548. The first-order valence-electron chi connectivity index (χ1n) is 3.89. The molecule has 10 heavy (non-hydrogen) atoms. The van der Waals surface area contributed by atoms with Crippen LogP contribution in [-0.2, 0) is 0 Å². The van der Waals surface area contributed by atoms with Crippen LogP contribution in [0.4, 0.5) is 0 Å². The van der Waals surface area contributed by atoms with Crippen molar-refractivity contribution in [1.29, 1.82) is 0 Å². The van der Waals surface area contributed by atoms with Crippen LogP contribution in [0, 0.1) is 5.41 Å². The fraction of sp³-hybridized carbons (Fsp3) is 0.857. The maximum atomic E-state index is 4.06. The molecule has 1 spiro atoms. The minimum absolute atomic E-state index is 0.408. The highest BCUT2D eigenvalue weighted by Crippen LogP contribution is 2.27. The Balaban J connectivity index is 2.05. The molecule has 0 unspecified atom stereocenters. The second-order valence-electron chi connectivity index (χ2n) is 3.21. The van der Waals surface area contributed by atoms with Gasteiger partial charge in [0.05, 0.1) is 0 Å². The van der Waals surface area contributed by atoms with Gasteiger partial charge < -0.3 is 10.7 Å². The van der Waals surface area contributed by atoms with Gasteiger partial charge in [-0.1, -0.05) is 0 Å². The third kappa shape index (κ3) is 0.904. The first kappa shape index (κ1) is 6.16. The smallest absolute Gasteiger partial charge is 0.0437 e. The molecule has 0 radical (unpaired) electrons. The van der Waals surface area contributed by atoms with Crippen LogP contribution in [0.5, 0.6) is 0 Å². The summed E-state index contributed by atoms with van der Waals surface area (Å²) >= 11 is 0. The molecule has 3 heteroatoms. The normalized spacial score (nSPS) is 28.8. The van der Waals surface area contributed by atoms with Crippen molar-refractivity contribution in [3.63, 3.8) is 0 Å². The van der Waals surface area contributed by atoms with Gasteiger partial charge in [0.25, 0.3) is 0 Å². The summed E-state index contributed by atoms with van der Waals surface area (Å²) in [7, 11) is 0. The lowest BCUT2D eigenvalue weighted by atomic mass is 9.81. The van der Waals surface area contributed by atoms with Gasteiger partial charge in [-0.25, -0.2) is 0 Å². The molecule has 0 atom stereocenters. The number of hydrogen-bond donors (Lipinski definition) is 2.